The summed E-state index contributed by atoms with van der Waals surface area (Å²) in [5, 5.41) is 1.39. The zero-order valence-electron chi connectivity index (χ0n) is 14.3. The predicted octanol–water partition coefficient (Wildman–Crippen LogP) is 1.98. The molecule has 0 saturated heterocycles. The topological polar surface area (TPSA) is 49.4 Å². The van der Waals surface area contributed by atoms with E-state index in [2.05, 4.69) is 30.6 Å². The molecular formula is C18H27BN2O2. The molecule has 1 aliphatic carbocycles. The molecule has 4 nitrogen and oxygen atoms in total. The van der Waals surface area contributed by atoms with Crippen molar-refractivity contribution in [1.82, 2.24) is 4.57 Å². The van der Waals surface area contributed by atoms with E-state index in [0.29, 0.717) is 19.1 Å². The molecule has 0 amide bonds. The minimum atomic E-state index is 0.470. The van der Waals surface area contributed by atoms with Crippen molar-refractivity contribution in [3.63, 3.8) is 0 Å². The average Bonchev–Trinajstić information content (AvgIpc) is 2.86. The molecule has 23 heavy (non-hydrogen) atoms. The van der Waals surface area contributed by atoms with Crippen LogP contribution in [0.25, 0.3) is 10.9 Å². The van der Waals surface area contributed by atoms with Crippen LogP contribution in [-0.4, -0.2) is 26.1 Å². The molecule has 0 spiro atoms. The van der Waals surface area contributed by atoms with Gasteiger partial charge in [0, 0.05) is 24.0 Å². The Balaban J connectivity index is 2.06. The quantitative estimate of drug-likeness (QED) is 0.504. The van der Waals surface area contributed by atoms with Crippen LogP contribution in [0.5, 0.6) is 0 Å². The van der Waals surface area contributed by atoms with Gasteiger partial charge in [-0.1, -0.05) is 31.4 Å². The van der Waals surface area contributed by atoms with Crippen LogP contribution in [0.3, 0.4) is 0 Å². The van der Waals surface area contributed by atoms with Crippen molar-refractivity contribution in [3.05, 3.63) is 29.3 Å². The maximum atomic E-state index is 5.86. The lowest BCUT2D eigenvalue weighted by molar-refractivity contribution is -0.282. The van der Waals surface area contributed by atoms with Crippen LogP contribution in [0, 0.1) is 0 Å². The molecule has 0 radical (unpaired) electrons. The van der Waals surface area contributed by atoms with Crippen molar-refractivity contribution >= 4 is 24.3 Å². The van der Waals surface area contributed by atoms with E-state index in [4.69, 9.17) is 15.5 Å². The van der Waals surface area contributed by atoms with Crippen LogP contribution in [0.1, 0.15) is 49.1 Å². The molecule has 3 rings (SSSR count). The number of nitrogens with two attached hydrogens (primary N) is 1. The van der Waals surface area contributed by atoms with Gasteiger partial charge in [-0.15, -0.1) is 0 Å². The van der Waals surface area contributed by atoms with Crippen molar-refractivity contribution in [2.45, 2.75) is 51.2 Å². The zero-order chi connectivity index (χ0) is 16.2. The van der Waals surface area contributed by atoms with Gasteiger partial charge in [0.15, 0.2) is 7.85 Å². The Morgan fingerprint density at radius 3 is 2.74 bits per heavy atom. The van der Waals surface area contributed by atoms with E-state index >= 15 is 0 Å². The van der Waals surface area contributed by atoms with E-state index in [0.717, 1.165) is 12.1 Å². The minimum absolute atomic E-state index is 0.470. The SMILES string of the molecule is Bc1c(C2CCCCC2)c2ccc(COOC)cc2n1CCN. The van der Waals surface area contributed by atoms with Crippen LogP contribution in [-0.2, 0) is 22.9 Å². The second-order valence-electron chi connectivity index (χ2n) is 6.55. The zero-order valence-corrected chi connectivity index (χ0v) is 14.3. The van der Waals surface area contributed by atoms with E-state index in [-0.39, 0.29) is 0 Å². The molecule has 124 valence electrons. The molecule has 1 saturated carbocycles. The molecule has 1 aliphatic rings. The molecule has 0 atom stereocenters. The van der Waals surface area contributed by atoms with Gasteiger partial charge in [-0.05, 0) is 41.5 Å². The summed E-state index contributed by atoms with van der Waals surface area (Å²) in [5.74, 6) is 0.700. The molecular weight excluding hydrogens is 287 g/mol. The number of nitrogens with zero attached hydrogens (tertiary/aromatic N) is 1. The van der Waals surface area contributed by atoms with Gasteiger partial charge in [0.1, 0.15) is 6.61 Å². The first kappa shape index (κ1) is 16.6. The van der Waals surface area contributed by atoms with E-state index in [1.54, 1.807) is 12.7 Å². The van der Waals surface area contributed by atoms with Gasteiger partial charge >= 0.3 is 0 Å². The lowest BCUT2D eigenvalue weighted by Gasteiger charge is -2.22. The van der Waals surface area contributed by atoms with Crippen LogP contribution in [0.2, 0.25) is 0 Å². The highest BCUT2D eigenvalue weighted by molar-refractivity contribution is 6.34. The largest absolute Gasteiger partial charge is 0.352 e. The molecule has 1 heterocycles. The molecule has 5 heteroatoms. The second-order valence-corrected chi connectivity index (χ2v) is 6.55. The molecule has 2 N–H and O–H groups in total. The molecule has 2 aromatic rings. The maximum absolute atomic E-state index is 5.86. The molecule has 1 aromatic heterocycles. The average molecular weight is 314 g/mol. The van der Waals surface area contributed by atoms with E-state index in [1.807, 2.05) is 0 Å². The number of benzene rings is 1. The Morgan fingerprint density at radius 1 is 1.26 bits per heavy atom. The molecule has 0 aliphatic heterocycles. The predicted molar refractivity (Wildman–Crippen MR) is 96.8 cm³/mol. The van der Waals surface area contributed by atoms with Gasteiger partial charge in [-0.3, -0.25) is 0 Å². The fourth-order valence-electron chi connectivity index (χ4n) is 4.09. The number of hydrogen-bond acceptors (Lipinski definition) is 3. The smallest absolute Gasteiger partial charge is 0.161 e. The number of hydrogen-bond donors (Lipinski definition) is 1. The third-order valence-corrected chi connectivity index (χ3v) is 5.15. The highest BCUT2D eigenvalue weighted by Crippen LogP contribution is 2.36. The summed E-state index contributed by atoms with van der Waals surface area (Å²) in [5.41, 5.74) is 11.2. The van der Waals surface area contributed by atoms with E-state index < -0.39 is 0 Å². The summed E-state index contributed by atoms with van der Waals surface area (Å²) < 4.78 is 2.38. The van der Waals surface area contributed by atoms with Gasteiger partial charge in [0.25, 0.3) is 0 Å². The Morgan fingerprint density at radius 2 is 2.04 bits per heavy atom. The normalized spacial score (nSPS) is 16.3. The summed E-state index contributed by atoms with van der Waals surface area (Å²) in [6.07, 6.45) is 6.73. The van der Waals surface area contributed by atoms with Gasteiger partial charge in [0.2, 0.25) is 0 Å². The standard InChI is InChI=1S/C18H27BN2O2/c1-22-23-12-13-7-8-15-16(11-13)21(10-9-20)18(19)17(15)14-5-3-2-4-6-14/h7-8,11,14H,2-6,9-10,12,19-20H2,1H3. The first-order valence-electron chi connectivity index (χ1n) is 8.73. The minimum Gasteiger partial charge on any atom is -0.352 e. The Bertz CT molecular complexity index is 663. The Labute approximate surface area is 139 Å². The van der Waals surface area contributed by atoms with Gasteiger partial charge in [-0.2, -0.15) is 0 Å². The summed E-state index contributed by atoms with van der Waals surface area (Å²) in [7, 11) is 3.80. The lowest BCUT2D eigenvalue weighted by Crippen LogP contribution is -2.25. The third-order valence-electron chi connectivity index (χ3n) is 5.15. The number of rotatable bonds is 6. The van der Waals surface area contributed by atoms with E-state index in [1.165, 1.54) is 48.6 Å². The molecule has 0 bridgehead atoms. The van der Waals surface area contributed by atoms with Crippen molar-refractivity contribution in [1.29, 1.82) is 0 Å². The third kappa shape index (κ3) is 3.32. The number of fused-ring (bicyclic) bond motifs is 1. The van der Waals surface area contributed by atoms with Crippen LogP contribution in [0.15, 0.2) is 18.2 Å². The fraction of sp³-hybridized carbons (Fsp3) is 0.556. The summed E-state index contributed by atoms with van der Waals surface area (Å²) in [4.78, 5) is 9.82. The van der Waals surface area contributed by atoms with Crippen LogP contribution < -0.4 is 11.3 Å². The highest BCUT2D eigenvalue weighted by atomic mass is 17.2. The highest BCUT2D eigenvalue weighted by Gasteiger charge is 2.23. The molecule has 1 aromatic carbocycles. The van der Waals surface area contributed by atoms with Crippen LogP contribution >= 0.6 is 0 Å². The summed E-state index contributed by atoms with van der Waals surface area (Å²) in [6, 6.07) is 6.64. The summed E-state index contributed by atoms with van der Waals surface area (Å²) in [6.45, 7) is 2.00. The molecule has 0 unspecified atom stereocenters. The first-order valence-corrected chi connectivity index (χ1v) is 8.73. The van der Waals surface area contributed by atoms with Crippen molar-refractivity contribution in [2.24, 2.45) is 5.73 Å². The van der Waals surface area contributed by atoms with Gasteiger partial charge < -0.3 is 10.3 Å². The maximum Gasteiger partial charge on any atom is 0.161 e. The van der Waals surface area contributed by atoms with Crippen molar-refractivity contribution < 1.29 is 9.78 Å². The second kappa shape index (κ2) is 7.52. The van der Waals surface area contributed by atoms with Gasteiger partial charge in [-0.25, -0.2) is 9.78 Å². The monoisotopic (exact) mass is 314 g/mol. The summed E-state index contributed by atoms with van der Waals surface area (Å²) >= 11 is 0. The number of aromatic nitrogens is 1. The van der Waals surface area contributed by atoms with Crippen LogP contribution in [0.4, 0.5) is 0 Å². The van der Waals surface area contributed by atoms with E-state index in [9.17, 15) is 0 Å². The van der Waals surface area contributed by atoms with Crippen molar-refractivity contribution in [2.75, 3.05) is 13.7 Å². The fourth-order valence-corrected chi connectivity index (χ4v) is 4.09. The first-order chi connectivity index (χ1) is 11.3. The van der Waals surface area contributed by atoms with Gasteiger partial charge in [0.05, 0.1) is 7.11 Å². The lowest BCUT2D eigenvalue weighted by atomic mass is 9.79. The molecule has 1 fully saturated rings. The Hall–Kier alpha value is -1.30. The Kier molecular flexibility index (Phi) is 5.41. The van der Waals surface area contributed by atoms with Crippen molar-refractivity contribution in [3.8, 4) is 0 Å².